The largest absolute Gasteiger partial charge is 0.463 e. The average molecular weight is 288 g/mol. The van der Waals surface area contributed by atoms with Gasteiger partial charge in [0.25, 0.3) is 0 Å². The number of unbranched alkanes of at least 4 members (excludes halogenated alkanes) is 1. The number of carbonyl (C=O) groups excluding carboxylic acids is 1. The molecule has 0 saturated carbocycles. The van der Waals surface area contributed by atoms with Crippen molar-refractivity contribution in [2.24, 2.45) is 0 Å². The van der Waals surface area contributed by atoms with Gasteiger partial charge in [-0.1, -0.05) is 75.2 Å². The highest BCUT2D eigenvalue weighted by atomic mass is 16.5. The molecule has 0 atom stereocenters. The standard InChI is InChI=1S/C10H16O2.C9H12/c1-3-5-6-7-8-9-10(11)12-4-2;1-2-6-9-7-4-3-5-8-9/h6-9H,3-5H2,1-2H3;3-5,7-8H,2,6H2,1H3/b7-6+,9-8+;. The first kappa shape index (κ1) is 19.2. The summed E-state index contributed by atoms with van der Waals surface area (Å²) < 4.78 is 4.69. The third-order valence-corrected chi connectivity index (χ3v) is 2.60. The van der Waals surface area contributed by atoms with Crippen LogP contribution in [0.2, 0.25) is 0 Å². The second kappa shape index (κ2) is 14.6. The molecule has 0 aliphatic heterocycles. The molecular formula is C19H28O2. The highest BCUT2D eigenvalue weighted by molar-refractivity contribution is 5.82. The molecular weight excluding hydrogens is 260 g/mol. The fourth-order valence-electron chi connectivity index (χ4n) is 1.60. The number of esters is 1. The van der Waals surface area contributed by atoms with E-state index in [9.17, 15) is 4.79 Å². The predicted molar refractivity (Wildman–Crippen MR) is 90.3 cm³/mol. The van der Waals surface area contributed by atoms with Gasteiger partial charge in [0.15, 0.2) is 0 Å². The molecule has 0 amide bonds. The van der Waals surface area contributed by atoms with Crippen LogP contribution in [0.4, 0.5) is 0 Å². The Labute approximate surface area is 129 Å². The number of rotatable bonds is 7. The van der Waals surface area contributed by atoms with Crippen molar-refractivity contribution in [1.29, 1.82) is 0 Å². The number of aryl methyl sites for hydroxylation is 1. The predicted octanol–water partition coefficient (Wildman–Crippen LogP) is 5.10. The average Bonchev–Trinajstić information content (AvgIpc) is 2.49. The van der Waals surface area contributed by atoms with Crippen molar-refractivity contribution in [2.45, 2.75) is 46.5 Å². The molecule has 0 radical (unpaired) electrons. The van der Waals surface area contributed by atoms with Crippen LogP contribution in [0.3, 0.4) is 0 Å². The Morgan fingerprint density at radius 1 is 1.05 bits per heavy atom. The summed E-state index contributed by atoms with van der Waals surface area (Å²) in [5.74, 6) is -0.279. The lowest BCUT2D eigenvalue weighted by molar-refractivity contribution is -0.137. The van der Waals surface area contributed by atoms with Gasteiger partial charge in [0.05, 0.1) is 6.61 Å². The van der Waals surface area contributed by atoms with E-state index in [0.29, 0.717) is 6.61 Å². The minimum atomic E-state index is -0.279. The monoisotopic (exact) mass is 288 g/mol. The van der Waals surface area contributed by atoms with Crippen molar-refractivity contribution in [1.82, 2.24) is 0 Å². The molecule has 0 aliphatic rings. The van der Waals surface area contributed by atoms with E-state index in [0.717, 1.165) is 12.8 Å². The lowest BCUT2D eigenvalue weighted by Gasteiger charge is -1.93. The van der Waals surface area contributed by atoms with Crippen LogP contribution < -0.4 is 0 Å². The first-order chi connectivity index (χ1) is 10.2. The van der Waals surface area contributed by atoms with Gasteiger partial charge in [0.2, 0.25) is 0 Å². The quantitative estimate of drug-likeness (QED) is 0.396. The molecule has 2 heteroatoms. The van der Waals surface area contributed by atoms with E-state index in [-0.39, 0.29) is 5.97 Å². The number of ether oxygens (including phenoxy) is 1. The molecule has 0 fully saturated rings. The summed E-state index contributed by atoms with van der Waals surface area (Å²) in [7, 11) is 0. The van der Waals surface area contributed by atoms with E-state index in [4.69, 9.17) is 0 Å². The van der Waals surface area contributed by atoms with Gasteiger partial charge >= 0.3 is 5.97 Å². The summed E-state index contributed by atoms with van der Waals surface area (Å²) in [6, 6.07) is 10.6. The van der Waals surface area contributed by atoms with E-state index in [1.54, 1.807) is 13.0 Å². The highest BCUT2D eigenvalue weighted by Gasteiger charge is 1.89. The second-order valence-corrected chi connectivity index (χ2v) is 4.56. The van der Waals surface area contributed by atoms with Crippen LogP contribution in [0.25, 0.3) is 0 Å². The summed E-state index contributed by atoms with van der Waals surface area (Å²) in [6.07, 6.45) is 11.6. The Balaban J connectivity index is 0.000000394. The zero-order valence-corrected chi connectivity index (χ0v) is 13.5. The van der Waals surface area contributed by atoms with Gasteiger partial charge in [-0.2, -0.15) is 0 Å². The number of allylic oxidation sites excluding steroid dienone is 3. The summed E-state index contributed by atoms with van der Waals surface area (Å²) in [4.78, 5) is 10.7. The first-order valence-corrected chi connectivity index (χ1v) is 7.78. The number of carbonyl (C=O) groups is 1. The topological polar surface area (TPSA) is 26.3 Å². The van der Waals surface area contributed by atoms with Crippen LogP contribution in [0.5, 0.6) is 0 Å². The Hall–Kier alpha value is -1.83. The summed E-state index contributed by atoms with van der Waals surface area (Å²) in [5, 5.41) is 0. The van der Waals surface area contributed by atoms with Gasteiger partial charge in [-0.25, -0.2) is 4.79 Å². The molecule has 0 unspecified atom stereocenters. The fraction of sp³-hybridized carbons (Fsp3) is 0.421. The molecule has 2 nitrogen and oxygen atoms in total. The lowest BCUT2D eigenvalue weighted by Crippen LogP contribution is -1.98. The molecule has 116 valence electrons. The number of hydrogen-bond acceptors (Lipinski definition) is 2. The zero-order chi connectivity index (χ0) is 15.8. The van der Waals surface area contributed by atoms with Crippen LogP contribution in [0, 0.1) is 0 Å². The van der Waals surface area contributed by atoms with Crippen molar-refractivity contribution in [3.8, 4) is 0 Å². The smallest absolute Gasteiger partial charge is 0.330 e. The first-order valence-electron chi connectivity index (χ1n) is 7.78. The molecule has 0 heterocycles. The van der Waals surface area contributed by atoms with Crippen molar-refractivity contribution < 1.29 is 9.53 Å². The van der Waals surface area contributed by atoms with Crippen LogP contribution >= 0.6 is 0 Å². The van der Waals surface area contributed by atoms with E-state index < -0.39 is 0 Å². The summed E-state index contributed by atoms with van der Waals surface area (Å²) in [6.45, 7) is 6.53. The van der Waals surface area contributed by atoms with Gasteiger partial charge in [0.1, 0.15) is 0 Å². The van der Waals surface area contributed by atoms with Crippen LogP contribution in [0.1, 0.15) is 45.6 Å². The van der Waals surface area contributed by atoms with E-state index in [1.807, 2.05) is 12.2 Å². The maximum atomic E-state index is 10.7. The van der Waals surface area contributed by atoms with Crippen molar-refractivity contribution in [3.05, 3.63) is 60.2 Å². The van der Waals surface area contributed by atoms with Crippen LogP contribution in [-0.4, -0.2) is 12.6 Å². The van der Waals surface area contributed by atoms with Gasteiger partial charge in [-0.05, 0) is 25.3 Å². The Morgan fingerprint density at radius 3 is 2.33 bits per heavy atom. The van der Waals surface area contributed by atoms with Gasteiger partial charge in [0, 0.05) is 6.08 Å². The summed E-state index contributed by atoms with van der Waals surface area (Å²) >= 11 is 0. The lowest BCUT2D eigenvalue weighted by atomic mass is 10.1. The Bertz CT molecular complexity index is 405. The van der Waals surface area contributed by atoms with E-state index in [2.05, 4.69) is 48.9 Å². The van der Waals surface area contributed by atoms with Crippen molar-refractivity contribution >= 4 is 5.97 Å². The fourth-order valence-corrected chi connectivity index (χ4v) is 1.60. The zero-order valence-electron chi connectivity index (χ0n) is 13.5. The van der Waals surface area contributed by atoms with Crippen LogP contribution in [0.15, 0.2) is 54.6 Å². The SMILES string of the molecule is CCC/C=C/C=C/C(=O)OCC.CCCc1ccccc1. The molecule has 1 aromatic rings. The highest BCUT2D eigenvalue weighted by Crippen LogP contribution is 2.00. The third kappa shape index (κ3) is 12.9. The minimum Gasteiger partial charge on any atom is -0.463 e. The molecule has 21 heavy (non-hydrogen) atoms. The maximum absolute atomic E-state index is 10.7. The molecule has 0 saturated heterocycles. The summed E-state index contributed by atoms with van der Waals surface area (Å²) in [5.41, 5.74) is 1.44. The minimum absolute atomic E-state index is 0.279. The molecule has 0 spiro atoms. The van der Waals surface area contributed by atoms with Crippen molar-refractivity contribution in [2.75, 3.05) is 6.61 Å². The second-order valence-electron chi connectivity index (χ2n) is 4.56. The Morgan fingerprint density at radius 2 is 1.76 bits per heavy atom. The number of benzene rings is 1. The molecule has 1 aromatic carbocycles. The number of hydrogen-bond donors (Lipinski definition) is 0. The van der Waals surface area contributed by atoms with Gasteiger partial charge < -0.3 is 4.74 Å². The maximum Gasteiger partial charge on any atom is 0.330 e. The molecule has 0 N–H and O–H groups in total. The molecule has 0 aromatic heterocycles. The molecule has 0 aliphatic carbocycles. The molecule has 0 bridgehead atoms. The van der Waals surface area contributed by atoms with E-state index in [1.165, 1.54) is 24.5 Å². The van der Waals surface area contributed by atoms with Gasteiger partial charge in [-0.3, -0.25) is 0 Å². The Kier molecular flexibility index (Phi) is 13.3. The third-order valence-electron chi connectivity index (χ3n) is 2.60. The van der Waals surface area contributed by atoms with Crippen LogP contribution in [-0.2, 0) is 16.0 Å². The molecule has 1 rings (SSSR count). The van der Waals surface area contributed by atoms with E-state index >= 15 is 0 Å². The van der Waals surface area contributed by atoms with Crippen molar-refractivity contribution in [3.63, 3.8) is 0 Å². The van der Waals surface area contributed by atoms with Gasteiger partial charge in [-0.15, -0.1) is 0 Å². The normalized spacial score (nSPS) is 10.4.